The van der Waals surface area contributed by atoms with E-state index in [9.17, 15) is 4.79 Å². The van der Waals surface area contributed by atoms with Crippen molar-refractivity contribution in [2.45, 2.75) is 19.3 Å². The molecule has 0 fully saturated rings. The molecule has 100 valence electrons. The van der Waals surface area contributed by atoms with Crippen molar-refractivity contribution in [2.75, 3.05) is 7.11 Å². The molecule has 1 aromatic heterocycles. The van der Waals surface area contributed by atoms with E-state index in [0.29, 0.717) is 11.5 Å². The van der Waals surface area contributed by atoms with Crippen molar-refractivity contribution < 1.29 is 19.1 Å². The number of rotatable bonds is 5. The topological polar surface area (TPSA) is 59.7 Å². The number of methoxy groups -OCH3 is 1. The number of carbonyl (C=O) groups is 1. The SMILES string of the molecule is COc1cccc(-c2ccc(C(C)CC(=O)O)o2)c1. The van der Waals surface area contributed by atoms with Gasteiger partial charge < -0.3 is 14.3 Å². The normalized spacial score (nSPS) is 12.1. The van der Waals surface area contributed by atoms with E-state index >= 15 is 0 Å². The molecule has 0 spiro atoms. The Hall–Kier alpha value is -2.23. The summed E-state index contributed by atoms with van der Waals surface area (Å²) >= 11 is 0. The van der Waals surface area contributed by atoms with Gasteiger partial charge in [-0.15, -0.1) is 0 Å². The van der Waals surface area contributed by atoms with Gasteiger partial charge in [0.2, 0.25) is 0 Å². The Kier molecular flexibility index (Phi) is 3.90. The summed E-state index contributed by atoms with van der Waals surface area (Å²) in [5.74, 6) is 1.18. The minimum Gasteiger partial charge on any atom is -0.497 e. The van der Waals surface area contributed by atoms with Crippen LogP contribution in [0.3, 0.4) is 0 Å². The molecule has 0 saturated heterocycles. The van der Waals surface area contributed by atoms with Crippen molar-refractivity contribution in [1.82, 2.24) is 0 Å². The predicted octanol–water partition coefficient (Wildman–Crippen LogP) is 3.53. The van der Waals surface area contributed by atoms with Gasteiger partial charge in [-0.1, -0.05) is 19.1 Å². The maximum absolute atomic E-state index is 10.7. The molecular formula is C15H16O4. The number of ether oxygens (including phenoxy) is 1. The van der Waals surface area contributed by atoms with E-state index in [1.54, 1.807) is 7.11 Å². The maximum Gasteiger partial charge on any atom is 0.304 e. The zero-order chi connectivity index (χ0) is 13.8. The van der Waals surface area contributed by atoms with Gasteiger partial charge in [0.15, 0.2) is 0 Å². The molecule has 0 radical (unpaired) electrons. The van der Waals surface area contributed by atoms with Crippen LogP contribution in [0.15, 0.2) is 40.8 Å². The van der Waals surface area contributed by atoms with Crippen LogP contribution >= 0.6 is 0 Å². The Balaban J connectivity index is 2.22. The first-order chi connectivity index (χ1) is 9.10. The molecule has 0 aliphatic rings. The molecule has 0 aliphatic heterocycles. The number of hydrogen-bond donors (Lipinski definition) is 1. The highest BCUT2D eigenvalue weighted by atomic mass is 16.5. The summed E-state index contributed by atoms with van der Waals surface area (Å²) in [6, 6.07) is 11.2. The Morgan fingerprint density at radius 3 is 2.84 bits per heavy atom. The first-order valence-electron chi connectivity index (χ1n) is 6.06. The van der Waals surface area contributed by atoms with Gasteiger partial charge >= 0.3 is 5.97 Å². The number of hydrogen-bond acceptors (Lipinski definition) is 3. The van der Waals surface area contributed by atoms with Crippen LogP contribution in [-0.2, 0) is 4.79 Å². The summed E-state index contributed by atoms with van der Waals surface area (Å²) in [5.41, 5.74) is 0.910. The fraction of sp³-hybridized carbons (Fsp3) is 0.267. The summed E-state index contributed by atoms with van der Waals surface area (Å²) in [4.78, 5) is 10.7. The zero-order valence-electron chi connectivity index (χ0n) is 10.9. The molecule has 1 aromatic carbocycles. The molecule has 4 heteroatoms. The van der Waals surface area contributed by atoms with Crippen LogP contribution in [0, 0.1) is 0 Å². The van der Waals surface area contributed by atoms with Crippen molar-refractivity contribution in [3.63, 3.8) is 0 Å². The monoisotopic (exact) mass is 260 g/mol. The first kappa shape index (κ1) is 13.2. The molecule has 0 amide bonds. The van der Waals surface area contributed by atoms with Gasteiger partial charge in [0.25, 0.3) is 0 Å². The molecule has 1 N–H and O–H groups in total. The van der Waals surface area contributed by atoms with Crippen LogP contribution in [0.5, 0.6) is 5.75 Å². The standard InChI is InChI=1S/C15H16O4/c1-10(8-15(16)17)13-6-7-14(19-13)11-4-3-5-12(9-11)18-2/h3-7,9-10H,8H2,1-2H3,(H,16,17). The van der Waals surface area contributed by atoms with Crippen LogP contribution in [0.4, 0.5) is 0 Å². The molecule has 1 atom stereocenters. The second-order valence-corrected chi connectivity index (χ2v) is 4.43. The summed E-state index contributed by atoms with van der Waals surface area (Å²) in [5, 5.41) is 8.78. The van der Waals surface area contributed by atoms with E-state index in [0.717, 1.165) is 11.3 Å². The number of carboxylic acids is 1. The third-order valence-electron chi connectivity index (χ3n) is 2.95. The number of furan rings is 1. The van der Waals surface area contributed by atoms with Crippen LogP contribution in [0.25, 0.3) is 11.3 Å². The smallest absolute Gasteiger partial charge is 0.304 e. The summed E-state index contributed by atoms with van der Waals surface area (Å²) in [6.45, 7) is 1.84. The third-order valence-corrected chi connectivity index (χ3v) is 2.95. The Morgan fingerprint density at radius 2 is 2.16 bits per heavy atom. The molecule has 0 saturated carbocycles. The van der Waals surface area contributed by atoms with Gasteiger partial charge in [-0.3, -0.25) is 4.79 Å². The maximum atomic E-state index is 10.7. The lowest BCUT2D eigenvalue weighted by molar-refractivity contribution is -0.137. The first-order valence-corrected chi connectivity index (χ1v) is 6.06. The van der Waals surface area contributed by atoms with Gasteiger partial charge in [-0.2, -0.15) is 0 Å². The minimum atomic E-state index is -0.827. The molecule has 0 aliphatic carbocycles. The molecule has 19 heavy (non-hydrogen) atoms. The van der Waals surface area contributed by atoms with E-state index in [2.05, 4.69) is 0 Å². The van der Waals surface area contributed by atoms with Crippen molar-refractivity contribution in [3.8, 4) is 17.1 Å². The quantitative estimate of drug-likeness (QED) is 0.893. The molecular weight excluding hydrogens is 244 g/mol. The van der Waals surface area contributed by atoms with E-state index in [1.165, 1.54) is 0 Å². The molecule has 0 bridgehead atoms. The van der Waals surface area contributed by atoms with Crippen LogP contribution in [0.1, 0.15) is 25.0 Å². The Morgan fingerprint density at radius 1 is 1.37 bits per heavy atom. The number of aliphatic carboxylic acids is 1. The summed E-state index contributed by atoms with van der Waals surface area (Å²) in [6.07, 6.45) is 0.0606. The minimum absolute atomic E-state index is 0.0606. The van der Waals surface area contributed by atoms with Crippen LogP contribution < -0.4 is 4.74 Å². The largest absolute Gasteiger partial charge is 0.497 e. The van der Waals surface area contributed by atoms with Crippen molar-refractivity contribution in [3.05, 3.63) is 42.2 Å². The average Bonchev–Trinajstić information content (AvgIpc) is 2.88. The molecule has 1 heterocycles. The second-order valence-electron chi connectivity index (χ2n) is 4.43. The summed E-state index contributed by atoms with van der Waals surface area (Å²) in [7, 11) is 1.61. The third kappa shape index (κ3) is 3.16. The van der Waals surface area contributed by atoms with E-state index in [1.807, 2.05) is 43.3 Å². The lowest BCUT2D eigenvalue weighted by atomic mass is 10.1. The van der Waals surface area contributed by atoms with Gasteiger partial charge in [0, 0.05) is 11.5 Å². The van der Waals surface area contributed by atoms with Gasteiger partial charge in [-0.25, -0.2) is 0 Å². The molecule has 2 rings (SSSR count). The van der Waals surface area contributed by atoms with Crippen molar-refractivity contribution in [1.29, 1.82) is 0 Å². The molecule has 1 unspecified atom stereocenters. The number of carboxylic acid groups (broad SMARTS) is 1. The van der Waals surface area contributed by atoms with E-state index in [-0.39, 0.29) is 12.3 Å². The van der Waals surface area contributed by atoms with Crippen LogP contribution in [0.2, 0.25) is 0 Å². The highest BCUT2D eigenvalue weighted by Gasteiger charge is 2.15. The predicted molar refractivity (Wildman–Crippen MR) is 71.4 cm³/mol. The summed E-state index contributed by atoms with van der Waals surface area (Å²) < 4.78 is 10.9. The van der Waals surface area contributed by atoms with E-state index < -0.39 is 5.97 Å². The van der Waals surface area contributed by atoms with Gasteiger partial charge in [0.05, 0.1) is 13.5 Å². The van der Waals surface area contributed by atoms with Crippen molar-refractivity contribution in [2.24, 2.45) is 0 Å². The highest BCUT2D eigenvalue weighted by Crippen LogP contribution is 2.29. The Bertz CT molecular complexity index is 571. The lowest BCUT2D eigenvalue weighted by Crippen LogP contribution is -2.01. The highest BCUT2D eigenvalue weighted by molar-refractivity contribution is 5.68. The molecule has 2 aromatic rings. The second kappa shape index (κ2) is 5.61. The fourth-order valence-corrected chi connectivity index (χ4v) is 1.91. The van der Waals surface area contributed by atoms with Gasteiger partial charge in [0.1, 0.15) is 17.3 Å². The lowest BCUT2D eigenvalue weighted by Gasteiger charge is -2.05. The molecule has 4 nitrogen and oxygen atoms in total. The Labute approximate surface area is 111 Å². The average molecular weight is 260 g/mol. The van der Waals surface area contributed by atoms with Crippen LogP contribution in [-0.4, -0.2) is 18.2 Å². The van der Waals surface area contributed by atoms with Crippen molar-refractivity contribution >= 4 is 5.97 Å². The zero-order valence-corrected chi connectivity index (χ0v) is 10.9. The van der Waals surface area contributed by atoms with Gasteiger partial charge in [-0.05, 0) is 24.3 Å². The number of benzene rings is 1. The van der Waals surface area contributed by atoms with E-state index in [4.69, 9.17) is 14.3 Å². The fourth-order valence-electron chi connectivity index (χ4n) is 1.91.